The van der Waals surface area contributed by atoms with Crippen molar-refractivity contribution in [2.45, 2.75) is 33.9 Å². The third kappa shape index (κ3) is 5.26. The second-order valence-electron chi connectivity index (χ2n) is 5.51. The van der Waals surface area contributed by atoms with Crippen LogP contribution in [0.2, 0.25) is 0 Å². The Morgan fingerprint density at radius 1 is 1.26 bits per heavy atom. The van der Waals surface area contributed by atoms with Gasteiger partial charge in [0.15, 0.2) is 5.96 Å². The number of rotatable bonds is 5. The van der Waals surface area contributed by atoms with Gasteiger partial charge in [0.25, 0.3) is 0 Å². The monoisotopic (exact) mass is 430 g/mol. The quantitative estimate of drug-likeness (QED) is 0.435. The summed E-state index contributed by atoms with van der Waals surface area (Å²) in [7, 11) is 3.99. The molecule has 0 aliphatic heterocycles. The van der Waals surface area contributed by atoms with Crippen LogP contribution in [0.3, 0.4) is 0 Å². The average molecular weight is 430 g/mol. The summed E-state index contributed by atoms with van der Waals surface area (Å²) in [5, 5.41) is 11.1. The minimum atomic E-state index is 0. The Bertz CT molecular complexity index is 656. The number of hydrogen-bond acceptors (Lipinski definition) is 2. The van der Waals surface area contributed by atoms with Gasteiger partial charge in [-0.1, -0.05) is 0 Å². The molecule has 2 heterocycles. The van der Waals surface area contributed by atoms with Crippen molar-refractivity contribution in [1.82, 2.24) is 25.0 Å². The molecule has 0 aliphatic rings. The second kappa shape index (κ2) is 8.95. The summed E-state index contributed by atoms with van der Waals surface area (Å²) in [6.45, 7) is 8.43. The normalized spacial score (nSPS) is 11.3. The SMILES string of the molecule is CCNC(=NCc1ccn(C)c1)NCc1c(C)nn(C)c1C.I. The number of hydrogen-bond donors (Lipinski definition) is 2. The summed E-state index contributed by atoms with van der Waals surface area (Å²) >= 11 is 0. The van der Waals surface area contributed by atoms with E-state index in [0.717, 1.165) is 24.7 Å². The Morgan fingerprint density at radius 3 is 2.52 bits per heavy atom. The van der Waals surface area contributed by atoms with Gasteiger partial charge in [0.05, 0.1) is 12.2 Å². The molecule has 0 bridgehead atoms. The molecule has 128 valence electrons. The first-order chi connectivity index (χ1) is 10.5. The van der Waals surface area contributed by atoms with E-state index in [-0.39, 0.29) is 24.0 Å². The largest absolute Gasteiger partial charge is 0.357 e. The van der Waals surface area contributed by atoms with Crippen molar-refractivity contribution in [2.24, 2.45) is 19.1 Å². The highest BCUT2D eigenvalue weighted by atomic mass is 127. The molecule has 6 nitrogen and oxygen atoms in total. The Hall–Kier alpha value is -1.51. The maximum Gasteiger partial charge on any atom is 0.191 e. The first kappa shape index (κ1) is 19.5. The highest BCUT2D eigenvalue weighted by Crippen LogP contribution is 2.11. The van der Waals surface area contributed by atoms with Crippen molar-refractivity contribution in [1.29, 1.82) is 0 Å². The molecule has 2 N–H and O–H groups in total. The number of guanidine groups is 1. The third-order valence-electron chi connectivity index (χ3n) is 3.75. The first-order valence-electron chi connectivity index (χ1n) is 7.63. The number of nitrogens with zero attached hydrogens (tertiary/aromatic N) is 4. The predicted octanol–water partition coefficient (Wildman–Crippen LogP) is 2.25. The molecule has 0 atom stereocenters. The van der Waals surface area contributed by atoms with E-state index in [1.54, 1.807) is 0 Å². The van der Waals surface area contributed by atoms with Gasteiger partial charge in [-0.05, 0) is 32.4 Å². The lowest BCUT2D eigenvalue weighted by Gasteiger charge is -2.11. The van der Waals surface area contributed by atoms with Crippen LogP contribution in [-0.4, -0.2) is 26.9 Å². The van der Waals surface area contributed by atoms with Crippen LogP contribution in [0.4, 0.5) is 0 Å². The van der Waals surface area contributed by atoms with Gasteiger partial charge in [0, 0.05) is 50.8 Å². The number of halogens is 1. The Labute approximate surface area is 155 Å². The maximum atomic E-state index is 4.63. The van der Waals surface area contributed by atoms with E-state index in [1.165, 1.54) is 16.8 Å². The van der Waals surface area contributed by atoms with Crippen molar-refractivity contribution in [2.75, 3.05) is 6.54 Å². The summed E-state index contributed by atoms with van der Waals surface area (Å²) in [6, 6.07) is 2.09. The van der Waals surface area contributed by atoms with E-state index in [2.05, 4.69) is 46.8 Å². The van der Waals surface area contributed by atoms with Crippen LogP contribution in [-0.2, 0) is 27.2 Å². The molecule has 23 heavy (non-hydrogen) atoms. The van der Waals surface area contributed by atoms with Gasteiger partial charge in [-0.25, -0.2) is 4.99 Å². The van der Waals surface area contributed by atoms with Gasteiger partial charge in [-0.15, -0.1) is 24.0 Å². The highest BCUT2D eigenvalue weighted by molar-refractivity contribution is 14.0. The van der Waals surface area contributed by atoms with Gasteiger partial charge < -0.3 is 15.2 Å². The van der Waals surface area contributed by atoms with Crippen LogP contribution >= 0.6 is 24.0 Å². The highest BCUT2D eigenvalue weighted by Gasteiger charge is 2.09. The molecule has 0 unspecified atom stereocenters. The van der Waals surface area contributed by atoms with Gasteiger partial charge >= 0.3 is 0 Å². The van der Waals surface area contributed by atoms with E-state index in [0.29, 0.717) is 6.54 Å². The molecule has 0 saturated carbocycles. The molecule has 0 spiro atoms. The second-order valence-corrected chi connectivity index (χ2v) is 5.51. The lowest BCUT2D eigenvalue weighted by atomic mass is 10.2. The van der Waals surface area contributed by atoms with Crippen LogP contribution < -0.4 is 10.6 Å². The van der Waals surface area contributed by atoms with E-state index >= 15 is 0 Å². The molecule has 2 aromatic rings. The Kier molecular flexibility index (Phi) is 7.60. The van der Waals surface area contributed by atoms with Crippen LogP contribution in [0.15, 0.2) is 23.5 Å². The zero-order chi connectivity index (χ0) is 16.1. The summed E-state index contributed by atoms with van der Waals surface area (Å²) in [6.07, 6.45) is 4.12. The molecule has 0 saturated heterocycles. The summed E-state index contributed by atoms with van der Waals surface area (Å²) < 4.78 is 3.95. The fourth-order valence-corrected chi connectivity index (χ4v) is 2.41. The van der Waals surface area contributed by atoms with Crippen LogP contribution in [0.1, 0.15) is 29.4 Å². The van der Waals surface area contributed by atoms with Gasteiger partial charge in [-0.3, -0.25) is 4.68 Å². The van der Waals surface area contributed by atoms with Crippen LogP contribution in [0.25, 0.3) is 0 Å². The number of aliphatic imine (C=N–C) groups is 1. The molecule has 2 aromatic heterocycles. The molecule has 0 amide bonds. The van der Waals surface area contributed by atoms with Gasteiger partial charge in [-0.2, -0.15) is 5.10 Å². The number of aromatic nitrogens is 3. The lowest BCUT2D eigenvalue weighted by molar-refractivity contribution is 0.728. The molecule has 0 radical (unpaired) electrons. The van der Waals surface area contributed by atoms with E-state index in [9.17, 15) is 0 Å². The molecule has 0 aliphatic carbocycles. The Morgan fingerprint density at radius 2 is 2.00 bits per heavy atom. The summed E-state index contributed by atoms with van der Waals surface area (Å²) in [5.41, 5.74) is 4.68. The first-order valence-corrected chi connectivity index (χ1v) is 7.63. The molecular formula is C16H27IN6. The molecule has 7 heteroatoms. The topological polar surface area (TPSA) is 59.2 Å². The van der Waals surface area contributed by atoms with E-state index in [4.69, 9.17) is 0 Å². The van der Waals surface area contributed by atoms with Crippen molar-refractivity contribution in [3.8, 4) is 0 Å². The Balaban J connectivity index is 0.00000264. The zero-order valence-electron chi connectivity index (χ0n) is 14.6. The molecule has 0 aromatic carbocycles. The lowest BCUT2D eigenvalue weighted by Crippen LogP contribution is -2.37. The van der Waals surface area contributed by atoms with E-state index in [1.807, 2.05) is 36.5 Å². The van der Waals surface area contributed by atoms with Crippen molar-refractivity contribution in [3.63, 3.8) is 0 Å². The van der Waals surface area contributed by atoms with Crippen molar-refractivity contribution >= 4 is 29.9 Å². The molecule has 2 rings (SSSR count). The fraction of sp³-hybridized carbons (Fsp3) is 0.500. The predicted molar refractivity (Wildman–Crippen MR) is 105 cm³/mol. The molecule has 0 fully saturated rings. The number of aryl methyl sites for hydroxylation is 3. The van der Waals surface area contributed by atoms with Gasteiger partial charge in [0.2, 0.25) is 0 Å². The maximum absolute atomic E-state index is 4.63. The standard InChI is InChI=1S/C16H26N6.HI/c1-6-17-16(18-9-14-7-8-21(4)11-14)19-10-15-12(2)20-22(5)13(15)3;/h7-8,11H,6,9-10H2,1-5H3,(H2,17,18,19);1H. The fourth-order valence-electron chi connectivity index (χ4n) is 2.41. The number of nitrogens with one attached hydrogen (secondary N) is 2. The third-order valence-corrected chi connectivity index (χ3v) is 3.75. The van der Waals surface area contributed by atoms with Crippen molar-refractivity contribution in [3.05, 3.63) is 41.0 Å². The smallest absolute Gasteiger partial charge is 0.191 e. The summed E-state index contributed by atoms with van der Waals surface area (Å²) in [5.74, 6) is 0.828. The van der Waals surface area contributed by atoms with Gasteiger partial charge in [0.1, 0.15) is 0 Å². The average Bonchev–Trinajstić information content (AvgIpc) is 2.99. The van der Waals surface area contributed by atoms with E-state index < -0.39 is 0 Å². The van der Waals surface area contributed by atoms with Crippen molar-refractivity contribution < 1.29 is 0 Å². The van der Waals surface area contributed by atoms with Crippen LogP contribution in [0.5, 0.6) is 0 Å². The minimum Gasteiger partial charge on any atom is -0.357 e. The zero-order valence-corrected chi connectivity index (χ0v) is 16.9. The minimum absolute atomic E-state index is 0. The summed E-state index contributed by atoms with van der Waals surface area (Å²) in [4.78, 5) is 4.63. The molecular weight excluding hydrogens is 403 g/mol. The van der Waals surface area contributed by atoms with Crippen LogP contribution in [0, 0.1) is 13.8 Å².